The summed E-state index contributed by atoms with van der Waals surface area (Å²) in [5.41, 5.74) is 2.89. The maximum Gasteiger partial charge on any atom is 0.416 e. The van der Waals surface area contributed by atoms with Gasteiger partial charge in [-0.25, -0.2) is 14.6 Å². The zero-order chi connectivity index (χ0) is 27.4. The Morgan fingerprint density at radius 2 is 1.74 bits per heavy atom. The van der Waals surface area contributed by atoms with Gasteiger partial charge in [0.15, 0.2) is 5.82 Å². The van der Waals surface area contributed by atoms with E-state index in [1.165, 1.54) is 23.1 Å². The van der Waals surface area contributed by atoms with Crippen LogP contribution in [0.3, 0.4) is 0 Å². The molecule has 1 saturated carbocycles. The van der Waals surface area contributed by atoms with Crippen molar-refractivity contribution in [3.05, 3.63) is 75.6 Å². The average molecular weight is 545 g/mol. The van der Waals surface area contributed by atoms with Crippen molar-refractivity contribution >= 4 is 11.6 Å². The summed E-state index contributed by atoms with van der Waals surface area (Å²) >= 11 is 6.45. The molecule has 0 aliphatic heterocycles. The van der Waals surface area contributed by atoms with Gasteiger partial charge in [-0.05, 0) is 64.2 Å². The minimum atomic E-state index is -4.39. The molecule has 1 fully saturated rings. The van der Waals surface area contributed by atoms with Crippen LogP contribution in [0.1, 0.15) is 60.6 Å². The van der Waals surface area contributed by atoms with Gasteiger partial charge in [-0.3, -0.25) is 4.68 Å². The van der Waals surface area contributed by atoms with E-state index in [2.05, 4.69) is 15.1 Å². The highest BCUT2D eigenvalue weighted by Crippen LogP contribution is 2.36. The van der Waals surface area contributed by atoms with Crippen LogP contribution in [0.5, 0.6) is 0 Å². The lowest BCUT2D eigenvalue weighted by molar-refractivity contribution is -0.137. The van der Waals surface area contributed by atoms with Crippen LogP contribution in [0.2, 0.25) is 5.02 Å². The van der Waals surface area contributed by atoms with Crippen LogP contribution in [-0.4, -0.2) is 34.6 Å². The highest BCUT2D eigenvalue weighted by Gasteiger charge is 2.31. The van der Waals surface area contributed by atoms with Crippen LogP contribution < -0.4 is 0 Å². The van der Waals surface area contributed by atoms with Gasteiger partial charge in [0, 0.05) is 30.3 Å². The Kier molecular flexibility index (Phi) is 6.59. The van der Waals surface area contributed by atoms with Gasteiger partial charge in [0.1, 0.15) is 11.9 Å². The van der Waals surface area contributed by atoms with Gasteiger partial charge in [0.25, 0.3) is 0 Å². The van der Waals surface area contributed by atoms with Crippen LogP contribution in [0.4, 0.5) is 13.2 Å². The predicted octanol–water partition coefficient (Wildman–Crippen LogP) is 6.04. The standard InChI is InChI=1S/C27H28ClF3N6O/c1-15-21(11-20-12-22(33-14-32-20)37-25(26(3,4)38)23(28)16(2)34-37)36(13-17-5-6-17)35-24(15)18-7-9-19(10-8-18)27(29,30)31/h7-10,12,14,17,38H,5-6,11,13H2,1-4H3. The second-order valence-electron chi connectivity index (χ2n) is 10.4. The quantitative estimate of drug-likeness (QED) is 0.306. The summed E-state index contributed by atoms with van der Waals surface area (Å²) in [5, 5.41) is 20.4. The van der Waals surface area contributed by atoms with Gasteiger partial charge in [-0.15, -0.1) is 0 Å². The lowest BCUT2D eigenvalue weighted by Crippen LogP contribution is -2.22. The predicted molar refractivity (Wildman–Crippen MR) is 137 cm³/mol. The number of nitrogens with zero attached hydrogens (tertiary/aromatic N) is 6. The van der Waals surface area contributed by atoms with E-state index >= 15 is 0 Å². The van der Waals surface area contributed by atoms with E-state index in [1.807, 2.05) is 11.6 Å². The first-order valence-electron chi connectivity index (χ1n) is 12.4. The second-order valence-corrected chi connectivity index (χ2v) is 10.8. The van der Waals surface area contributed by atoms with Gasteiger partial charge in [-0.2, -0.15) is 23.4 Å². The molecule has 11 heteroatoms. The Morgan fingerprint density at radius 1 is 1.05 bits per heavy atom. The van der Waals surface area contributed by atoms with Crippen molar-refractivity contribution < 1.29 is 18.3 Å². The number of halogens is 4. The molecule has 1 aliphatic carbocycles. The van der Waals surface area contributed by atoms with E-state index in [-0.39, 0.29) is 0 Å². The van der Waals surface area contributed by atoms with Crippen LogP contribution in [0, 0.1) is 19.8 Å². The summed E-state index contributed by atoms with van der Waals surface area (Å²) in [5.74, 6) is 1.01. The maximum atomic E-state index is 13.1. The first-order chi connectivity index (χ1) is 17.8. The Bertz CT molecular complexity index is 1480. The molecular formula is C27H28ClF3N6O. The van der Waals surface area contributed by atoms with Crippen LogP contribution in [0.25, 0.3) is 17.1 Å². The summed E-state index contributed by atoms with van der Waals surface area (Å²) in [7, 11) is 0. The molecule has 4 aromatic rings. The Hall–Kier alpha value is -3.24. The van der Waals surface area contributed by atoms with E-state index in [0.29, 0.717) is 51.5 Å². The number of benzene rings is 1. The fraction of sp³-hybridized carbons (Fsp3) is 0.407. The number of aliphatic hydroxyl groups is 1. The van der Waals surface area contributed by atoms with Crippen molar-refractivity contribution in [2.45, 2.75) is 65.3 Å². The Labute approximate surface area is 223 Å². The lowest BCUT2D eigenvalue weighted by Gasteiger charge is -2.19. The van der Waals surface area contributed by atoms with Crippen molar-refractivity contribution in [2.24, 2.45) is 5.92 Å². The van der Waals surface area contributed by atoms with Crippen molar-refractivity contribution in [2.75, 3.05) is 0 Å². The molecule has 38 heavy (non-hydrogen) atoms. The van der Waals surface area contributed by atoms with E-state index in [1.54, 1.807) is 26.8 Å². The van der Waals surface area contributed by atoms with Gasteiger partial charge < -0.3 is 5.11 Å². The third-order valence-electron chi connectivity index (χ3n) is 6.78. The fourth-order valence-electron chi connectivity index (χ4n) is 4.57. The molecule has 3 heterocycles. The van der Waals surface area contributed by atoms with E-state index in [4.69, 9.17) is 16.7 Å². The molecule has 1 aromatic carbocycles. The summed E-state index contributed by atoms with van der Waals surface area (Å²) in [4.78, 5) is 8.83. The third kappa shape index (κ3) is 5.19. The van der Waals surface area contributed by atoms with Gasteiger partial charge in [0.05, 0.1) is 33.4 Å². The summed E-state index contributed by atoms with van der Waals surface area (Å²) in [6, 6.07) is 6.90. The molecule has 0 bridgehead atoms. The van der Waals surface area contributed by atoms with Crippen molar-refractivity contribution in [3.63, 3.8) is 0 Å². The number of hydrogen-bond donors (Lipinski definition) is 1. The molecule has 5 rings (SSSR count). The molecule has 7 nitrogen and oxygen atoms in total. The number of aryl methyl sites for hydroxylation is 1. The minimum Gasteiger partial charge on any atom is -0.384 e. The minimum absolute atomic E-state index is 0.372. The van der Waals surface area contributed by atoms with Crippen molar-refractivity contribution in [3.8, 4) is 17.1 Å². The molecule has 0 amide bonds. The fourth-order valence-corrected chi connectivity index (χ4v) is 4.92. The Morgan fingerprint density at radius 3 is 2.34 bits per heavy atom. The molecule has 1 N–H and O–H groups in total. The van der Waals surface area contributed by atoms with Gasteiger partial charge in [-0.1, -0.05) is 23.7 Å². The summed E-state index contributed by atoms with van der Waals surface area (Å²) in [6.07, 6.45) is -0.252. The molecule has 0 radical (unpaired) electrons. The second kappa shape index (κ2) is 9.50. The highest BCUT2D eigenvalue weighted by atomic mass is 35.5. The molecule has 0 spiro atoms. The smallest absolute Gasteiger partial charge is 0.384 e. The van der Waals surface area contributed by atoms with Crippen molar-refractivity contribution in [1.82, 2.24) is 29.5 Å². The number of hydrogen-bond acceptors (Lipinski definition) is 5. The average Bonchev–Trinajstić information content (AvgIpc) is 3.54. The first-order valence-corrected chi connectivity index (χ1v) is 12.7. The number of rotatable bonds is 7. The Balaban J connectivity index is 1.52. The molecule has 3 aromatic heterocycles. The zero-order valence-corrected chi connectivity index (χ0v) is 22.3. The number of aromatic nitrogens is 6. The highest BCUT2D eigenvalue weighted by molar-refractivity contribution is 6.32. The van der Waals surface area contributed by atoms with Crippen LogP contribution >= 0.6 is 11.6 Å². The SMILES string of the molecule is Cc1nn(-c2cc(Cc3c(C)c(-c4ccc(C(F)(F)F)cc4)nn3CC3CC3)ncn2)c(C(C)(C)O)c1Cl. The first kappa shape index (κ1) is 26.4. The monoisotopic (exact) mass is 544 g/mol. The molecule has 0 saturated heterocycles. The zero-order valence-electron chi connectivity index (χ0n) is 21.5. The number of alkyl halides is 3. The van der Waals surface area contributed by atoms with E-state index in [9.17, 15) is 18.3 Å². The lowest BCUT2D eigenvalue weighted by atomic mass is 10.0. The maximum absolute atomic E-state index is 13.1. The third-order valence-corrected chi connectivity index (χ3v) is 7.23. The van der Waals surface area contributed by atoms with E-state index < -0.39 is 17.3 Å². The van der Waals surface area contributed by atoms with Gasteiger partial charge in [0.2, 0.25) is 0 Å². The summed E-state index contributed by atoms with van der Waals surface area (Å²) < 4.78 is 42.7. The topological polar surface area (TPSA) is 81.7 Å². The van der Waals surface area contributed by atoms with Gasteiger partial charge >= 0.3 is 6.18 Å². The van der Waals surface area contributed by atoms with Crippen LogP contribution in [0.15, 0.2) is 36.7 Å². The molecular weight excluding hydrogens is 517 g/mol. The molecule has 1 aliphatic rings. The summed E-state index contributed by atoms with van der Waals surface area (Å²) in [6.45, 7) is 7.71. The van der Waals surface area contributed by atoms with E-state index in [0.717, 1.165) is 42.8 Å². The molecule has 200 valence electrons. The largest absolute Gasteiger partial charge is 0.416 e. The van der Waals surface area contributed by atoms with Crippen LogP contribution in [-0.2, 0) is 24.7 Å². The molecule has 0 atom stereocenters. The molecule has 0 unspecified atom stereocenters. The normalized spacial score (nSPS) is 14.3. The van der Waals surface area contributed by atoms with Crippen molar-refractivity contribution in [1.29, 1.82) is 0 Å².